The van der Waals surface area contributed by atoms with Crippen molar-refractivity contribution in [1.82, 2.24) is 4.40 Å². The molecule has 1 aliphatic rings. The van der Waals surface area contributed by atoms with E-state index in [0.29, 0.717) is 0 Å². The third-order valence-electron chi connectivity index (χ3n) is 7.00. The molecule has 2 aromatic heterocycles. The van der Waals surface area contributed by atoms with Crippen molar-refractivity contribution >= 4 is 60.9 Å². The van der Waals surface area contributed by atoms with Crippen LogP contribution in [0.3, 0.4) is 0 Å². The molecular formula is C32H27IrN3O2-2. The molecule has 0 amide bonds. The van der Waals surface area contributed by atoms with E-state index in [1.165, 1.54) is 75.0 Å². The first-order valence-corrected chi connectivity index (χ1v) is 12.3. The maximum Gasteiger partial charge on any atom is 0.155 e. The van der Waals surface area contributed by atoms with Gasteiger partial charge in [-0.1, -0.05) is 66.4 Å². The maximum atomic E-state index is 10.0. The minimum Gasteiger partial charge on any atom is -0.512 e. The molecule has 6 aromatic rings. The molecule has 0 bridgehead atoms. The summed E-state index contributed by atoms with van der Waals surface area (Å²) in [4.78, 5) is 14.5. The van der Waals surface area contributed by atoms with Crippen LogP contribution in [0.4, 0.5) is 17.1 Å². The first-order chi connectivity index (χ1) is 17.9. The van der Waals surface area contributed by atoms with Gasteiger partial charge in [0.05, 0.1) is 5.76 Å². The molecule has 193 valence electrons. The molecular weight excluding hydrogens is 651 g/mol. The molecule has 5 nitrogen and oxygen atoms in total. The third kappa shape index (κ3) is 3.92. The number of fused-ring (bicyclic) bond motifs is 7. The Hall–Kier alpha value is -3.86. The number of hydrogen-bond acceptors (Lipinski definition) is 4. The number of benzene rings is 4. The van der Waals surface area contributed by atoms with Gasteiger partial charge in [0.1, 0.15) is 0 Å². The summed E-state index contributed by atoms with van der Waals surface area (Å²) in [5.41, 5.74) is 8.57. The zero-order valence-corrected chi connectivity index (χ0v) is 24.0. The van der Waals surface area contributed by atoms with Crippen molar-refractivity contribution in [1.29, 1.82) is 0 Å². The molecule has 1 N–H and O–H groups in total. The molecule has 1 aliphatic heterocycles. The molecule has 0 fully saturated rings. The number of ketones is 1. The van der Waals surface area contributed by atoms with Gasteiger partial charge in [-0.25, -0.2) is 0 Å². The second-order valence-corrected chi connectivity index (χ2v) is 9.56. The van der Waals surface area contributed by atoms with Gasteiger partial charge in [0.25, 0.3) is 0 Å². The van der Waals surface area contributed by atoms with Gasteiger partial charge in [-0.2, -0.15) is 18.8 Å². The fourth-order valence-electron chi connectivity index (χ4n) is 5.60. The Kier molecular flexibility index (Phi) is 6.64. The SMILES string of the molecule is CC(=O)/C=C(/C)O.Cc1c(N2[CH-]N(C)c3ccccc32)[c-]cc2c1c1cccc3c4ccccc4n2c31.[Ir]. The molecule has 6 heteroatoms. The van der Waals surface area contributed by atoms with Crippen molar-refractivity contribution in [2.45, 2.75) is 20.8 Å². The van der Waals surface area contributed by atoms with E-state index in [-0.39, 0.29) is 31.6 Å². The third-order valence-corrected chi connectivity index (χ3v) is 7.00. The van der Waals surface area contributed by atoms with Crippen LogP contribution in [0.5, 0.6) is 0 Å². The number of carbonyl (C=O) groups excluding carboxylic acids is 1. The van der Waals surface area contributed by atoms with Crippen LogP contribution in [0.1, 0.15) is 19.4 Å². The predicted octanol–water partition coefficient (Wildman–Crippen LogP) is 7.69. The zero-order valence-electron chi connectivity index (χ0n) is 21.6. The van der Waals surface area contributed by atoms with E-state index in [1.54, 1.807) is 0 Å². The zero-order chi connectivity index (χ0) is 25.8. The minimum absolute atomic E-state index is 0. The predicted molar refractivity (Wildman–Crippen MR) is 153 cm³/mol. The van der Waals surface area contributed by atoms with Crippen molar-refractivity contribution in [3.8, 4) is 0 Å². The minimum atomic E-state index is -0.125. The van der Waals surface area contributed by atoms with Gasteiger partial charge in [-0.3, -0.25) is 4.79 Å². The Morgan fingerprint density at radius 2 is 1.55 bits per heavy atom. The van der Waals surface area contributed by atoms with Crippen LogP contribution in [0.25, 0.3) is 38.1 Å². The largest absolute Gasteiger partial charge is 0.512 e. The number of aryl methyl sites for hydroxylation is 1. The first-order valence-electron chi connectivity index (χ1n) is 12.3. The summed E-state index contributed by atoms with van der Waals surface area (Å²) in [5.74, 6) is -0.0625. The van der Waals surface area contributed by atoms with Gasteiger partial charge in [-0.15, -0.1) is 11.3 Å². The molecule has 0 saturated carbocycles. The van der Waals surface area contributed by atoms with Gasteiger partial charge in [0, 0.05) is 59.4 Å². The molecule has 1 radical (unpaired) electrons. The number of rotatable bonds is 2. The number of anilines is 3. The van der Waals surface area contributed by atoms with E-state index in [0.717, 1.165) is 5.69 Å². The number of carbonyl (C=O) groups is 1. The summed E-state index contributed by atoms with van der Waals surface area (Å²) >= 11 is 0. The molecule has 3 heterocycles. The van der Waals surface area contributed by atoms with Gasteiger partial charge in [0.2, 0.25) is 0 Å². The molecule has 7 rings (SSSR count). The Morgan fingerprint density at radius 3 is 2.26 bits per heavy atom. The van der Waals surface area contributed by atoms with Crippen LogP contribution in [0.2, 0.25) is 0 Å². The average Bonchev–Trinajstić information content (AvgIpc) is 3.51. The van der Waals surface area contributed by atoms with Crippen molar-refractivity contribution in [2.24, 2.45) is 0 Å². The Morgan fingerprint density at radius 1 is 0.895 bits per heavy atom. The van der Waals surface area contributed by atoms with Gasteiger partial charge >= 0.3 is 0 Å². The Labute approximate surface area is 235 Å². The second kappa shape index (κ2) is 9.79. The summed E-state index contributed by atoms with van der Waals surface area (Å²) in [6, 6.07) is 29.7. The van der Waals surface area contributed by atoms with E-state index in [9.17, 15) is 4.79 Å². The van der Waals surface area contributed by atoms with Crippen LogP contribution in [0, 0.1) is 19.7 Å². The van der Waals surface area contributed by atoms with Crippen molar-refractivity contribution < 1.29 is 30.0 Å². The molecule has 4 aromatic carbocycles. The van der Waals surface area contributed by atoms with Crippen LogP contribution in [0.15, 0.2) is 84.6 Å². The molecule has 0 saturated heterocycles. The average molecular weight is 678 g/mol. The number of nitrogens with zero attached hydrogens (tertiary/aromatic N) is 3. The Balaban J connectivity index is 0.000000329. The van der Waals surface area contributed by atoms with Crippen molar-refractivity contribution in [3.63, 3.8) is 0 Å². The van der Waals surface area contributed by atoms with Crippen molar-refractivity contribution in [3.05, 3.63) is 103 Å². The summed E-state index contributed by atoms with van der Waals surface area (Å²) in [5, 5.41) is 13.6. The van der Waals surface area contributed by atoms with E-state index in [1.807, 2.05) is 0 Å². The molecule has 0 spiro atoms. The fraction of sp³-hybridized carbons (Fsp3) is 0.125. The van der Waals surface area contributed by atoms with Crippen LogP contribution in [-0.4, -0.2) is 22.3 Å². The molecule has 0 atom stereocenters. The number of hydrogen-bond donors (Lipinski definition) is 1. The van der Waals surface area contributed by atoms with E-state index < -0.39 is 0 Å². The number of aliphatic hydroxyl groups excluding tert-OH is 1. The summed E-state index contributed by atoms with van der Waals surface area (Å²) in [6.45, 7) is 7.23. The van der Waals surface area contributed by atoms with Crippen LogP contribution < -0.4 is 9.80 Å². The fourth-order valence-corrected chi connectivity index (χ4v) is 5.60. The molecule has 0 unspecified atom stereocenters. The quantitative estimate of drug-likeness (QED) is 0.116. The first kappa shape index (κ1) is 25.8. The summed E-state index contributed by atoms with van der Waals surface area (Å²) < 4.78 is 2.41. The standard InChI is InChI=1S/C27H19N3.C5H8O2.Ir/c1-17-21(29-16-28(2)23-12-5-6-13-24(23)29)14-15-25-26(17)20-10-7-9-19-18-8-3-4-11-22(18)30(25)27(19)20;1-4(6)3-5(2)7;/h3-13,15-16H,1-2H3;3,6H,1-2H3;/q-2;;/b;4-3-;. The maximum absolute atomic E-state index is 10.0. The molecule has 0 aliphatic carbocycles. The normalized spacial score (nSPS) is 13.2. The smallest absolute Gasteiger partial charge is 0.155 e. The summed E-state index contributed by atoms with van der Waals surface area (Å²) in [6.07, 6.45) is 1.17. The monoisotopic (exact) mass is 678 g/mol. The second-order valence-electron chi connectivity index (χ2n) is 9.56. The number of aromatic nitrogens is 1. The van der Waals surface area contributed by atoms with E-state index in [2.05, 4.69) is 114 Å². The van der Waals surface area contributed by atoms with E-state index in [4.69, 9.17) is 5.11 Å². The number of allylic oxidation sites excluding steroid dienone is 2. The van der Waals surface area contributed by atoms with Crippen molar-refractivity contribution in [2.75, 3.05) is 16.8 Å². The number of para-hydroxylation sites is 4. The summed E-state index contributed by atoms with van der Waals surface area (Å²) in [7, 11) is 2.10. The van der Waals surface area contributed by atoms with Crippen LogP contribution in [-0.2, 0) is 24.9 Å². The number of aliphatic hydroxyl groups is 1. The van der Waals surface area contributed by atoms with Crippen LogP contribution >= 0.6 is 0 Å². The Bertz CT molecular complexity index is 1850. The van der Waals surface area contributed by atoms with Gasteiger partial charge in [-0.05, 0) is 44.5 Å². The van der Waals surface area contributed by atoms with Gasteiger partial charge < -0.3 is 19.3 Å². The van der Waals surface area contributed by atoms with Gasteiger partial charge in [0.15, 0.2) is 5.78 Å². The topological polar surface area (TPSA) is 48.2 Å². The van der Waals surface area contributed by atoms with E-state index >= 15 is 0 Å². The molecule has 38 heavy (non-hydrogen) atoms.